The van der Waals surface area contributed by atoms with Crippen LogP contribution in [0, 0.1) is 0 Å². The summed E-state index contributed by atoms with van der Waals surface area (Å²) in [6.07, 6.45) is 19.5. The lowest BCUT2D eigenvalue weighted by molar-refractivity contribution is -0.143. The van der Waals surface area contributed by atoms with E-state index in [-0.39, 0.29) is 5.97 Å². The quantitative estimate of drug-likeness (QED) is 0.243. The molecule has 0 saturated carbocycles. The zero-order valence-electron chi connectivity index (χ0n) is 14.6. The Morgan fingerprint density at radius 2 is 1.00 bits per heavy atom. The Labute approximate surface area is 133 Å². The van der Waals surface area contributed by atoms with Gasteiger partial charge in [0.15, 0.2) is 0 Å². The summed E-state index contributed by atoms with van der Waals surface area (Å²) in [7, 11) is 0. The molecule has 0 aromatic carbocycles. The van der Waals surface area contributed by atoms with Crippen LogP contribution in [0.4, 0.5) is 0 Å². The van der Waals surface area contributed by atoms with Crippen LogP contribution in [0.1, 0.15) is 110 Å². The van der Waals surface area contributed by atoms with E-state index in [1.807, 2.05) is 6.92 Å². The molecule has 0 N–H and O–H groups in total. The first kappa shape index (κ1) is 20.5. The summed E-state index contributed by atoms with van der Waals surface area (Å²) in [6.45, 7) is 4.73. The summed E-state index contributed by atoms with van der Waals surface area (Å²) >= 11 is 0. The van der Waals surface area contributed by atoms with Crippen LogP contribution in [0.5, 0.6) is 0 Å². The van der Waals surface area contributed by atoms with E-state index in [0.717, 1.165) is 6.42 Å². The standard InChI is InChI=1S/C19H38O2/c1-3-5-6-7-8-9-10-11-12-13-14-15-16-17-18-21-19(20)4-2/h3-18H2,1-2H3. The Morgan fingerprint density at radius 3 is 1.38 bits per heavy atom. The second-order valence-corrected chi connectivity index (χ2v) is 6.17. The van der Waals surface area contributed by atoms with Gasteiger partial charge in [-0.1, -0.05) is 97.3 Å². The predicted octanol–water partition coefficient (Wildman–Crippen LogP) is 6.42. The molecule has 0 aromatic heterocycles. The van der Waals surface area contributed by atoms with Gasteiger partial charge in [0.05, 0.1) is 6.61 Å². The van der Waals surface area contributed by atoms with Crippen LogP contribution in [0.3, 0.4) is 0 Å². The maximum atomic E-state index is 10.9. The molecule has 0 rings (SSSR count). The molecule has 0 aromatic rings. The van der Waals surface area contributed by atoms with Crippen molar-refractivity contribution in [1.29, 1.82) is 0 Å². The fraction of sp³-hybridized carbons (Fsp3) is 0.947. The Kier molecular flexibility index (Phi) is 17.1. The van der Waals surface area contributed by atoms with Crippen molar-refractivity contribution in [2.24, 2.45) is 0 Å². The molecule has 0 spiro atoms. The minimum atomic E-state index is -0.0651. The molecule has 0 atom stereocenters. The summed E-state index contributed by atoms with van der Waals surface area (Å²) in [5.41, 5.74) is 0. The first-order chi connectivity index (χ1) is 10.3. The maximum Gasteiger partial charge on any atom is 0.305 e. The first-order valence-electron chi connectivity index (χ1n) is 9.46. The summed E-state index contributed by atoms with van der Waals surface area (Å²) in [5.74, 6) is -0.0651. The lowest BCUT2D eigenvalue weighted by atomic mass is 10.0. The molecule has 0 aliphatic heterocycles. The molecule has 0 radical (unpaired) electrons. The number of carbonyl (C=O) groups is 1. The molecule has 0 aliphatic rings. The second-order valence-electron chi connectivity index (χ2n) is 6.17. The SMILES string of the molecule is CCCCCCCCCCCCCCCCOC(=O)CC. The molecule has 0 aliphatic carbocycles. The summed E-state index contributed by atoms with van der Waals surface area (Å²) in [4.78, 5) is 10.9. The monoisotopic (exact) mass is 298 g/mol. The smallest absolute Gasteiger partial charge is 0.305 e. The van der Waals surface area contributed by atoms with Crippen LogP contribution in [0.25, 0.3) is 0 Å². The highest BCUT2D eigenvalue weighted by Gasteiger charge is 1.97. The average molecular weight is 299 g/mol. The molecule has 126 valence electrons. The number of hydrogen-bond acceptors (Lipinski definition) is 2. The van der Waals surface area contributed by atoms with E-state index in [4.69, 9.17) is 4.74 Å². The van der Waals surface area contributed by atoms with Crippen LogP contribution >= 0.6 is 0 Å². The molecule has 2 nitrogen and oxygen atoms in total. The molecule has 21 heavy (non-hydrogen) atoms. The summed E-state index contributed by atoms with van der Waals surface area (Å²) < 4.78 is 5.06. The average Bonchev–Trinajstić information content (AvgIpc) is 2.50. The third-order valence-electron chi connectivity index (χ3n) is 4.05. The molecule has 0 fully saturated rings. The fourth-order valence-corrected chi connectivity index (χ4v) is 2.58. The molecule has 0 unspecified atom stereocenters. The Balaban J connectivity index is 2.98. The summed E-state index contributed by atoms with van der Waals surface area (Å²) in [6, 6.07) is 0. The van der Waals surface area contributed by atoms with Crippen LogP contribution in [-0.2, 0) is 9.53 Å². The van der Waals surface area contributed by atoms with Crippen LogP contribution in [0.15, 0.2) is 0 Å². The highest BCUT2D eigenvalue weighted by molar-refractivity contribution is 5.68. The Hall–Kier alpha value is -0.530. The lowest BCUT2D eigenvalue weighted by Gasteiger charge is -2.04. The number of rotatable bonds is 16. The summed E-state index contributed by atoms with van der Waals surface area (Å²) in [5, 5.41) is 0. The number of unbranched alkanes of at least 4 members (excludes halogenated alkanes) is 13. The van der Waals surface area contributed by atoms with Gasteiger partial charge in [0, 0.05) is 6.42 Å². The third-order valence-corrected chi connectivity index (χ3v) is 4.05. The molecule has 0 saturated heterocycles. The fourth-order valence-electron chi connectivity index (χ4n) is 2.58. The van der Waals surface area contributed by atoms with Crippen molar-refractivity contribution in [2.75, 3.05) is 6.61 Å². The molecule has 0 amide bonds. The predicted molar refractivity (Wildman–Crippen MR) is 91.6 cm³/mol. The second kappa shape index (κ2) is 17.5. The van der Waals surface area contributed by atoms with Gasteiger partial charge < -0.3 is 4.74 Å². The van der Waals surface area contributed by atoms with Gasteiger partial charge in [0.2, 0.25) is 0 Å². The highest BCUT2D eigenvalue weighted by atomic mass is 16.5. The molecule has 0 heterocycles. The van der Waals surface area contributed by atoms with Crippen LogP contribution < -0.4 is 0 Å². The topological polar surface area (TPSA) is 26.3 Å². The van der Waals surface area contributed by atoms with Gasteiger partial charge in [-0.05, 0) is 6.42 Å². The van der Waals surface area contributed by atoms with Crippen molar-refractivity contribution in [1.82, 2.24) is 0 Å². The van der Waals surface area contributed by atoms with E-state index < -0.39 is 0 Å². The molecular weight excluding hydrogens is 260 g/mol. The van der Waals surface area contributed by atoms with Gasteiger partial charge in [0.25, 0.3) is 0 Å². The minimum Gasteiger partial charge on any atom is -0.466 e. The number of esters is 1. The van der Waals surface area contributed by atoms with Gasteiger partial charge in [-0.2, -0.15) is 0 Å². The van der Waals surface area contributed by atoms with Crippen molar-refractivity contribution in [3.63, 3.8) is 0 Å². The van der Waals surface area contributed by atoms with Crippen molar-refractivity contribution < 1.29 is 9.53 Å². The van der Waals surface area contributed by atoms with E-state index in [0.29, 0.717) is 13.0 Å². The van der Waals surface area contributed by atoms with Crippen molar-refractivity contribution in [3.05, 3.63) is 0 Å². The van der Waals surface area contributed by atoms with E-state index in [1.54, 1.807) is 0 Å². The van der Waals surface area contributed by atoms with Gasteiger partial charge in [-0.25, -0.2) is 0 Å². The molecule has 2 heteroatoms. The van der Waals surface area contributed by atoms with Crippen molar-refractivity contribution in [3.8, 4) is 0 Å². The van der Waals surface area contributed by atoms with E-state index in [2.05, 4.69) is 6.92 Å². The normalized spacial score (nSPS) is 10.8. The molecular formula is C19H38O2. The van der Waals surface area contributed by atoms with Gasteiger partial charge in [-0.3, -0.25) is 4.79 Å². The Bertz CT molecular complexity index is 214. The van der Waals surface area contributed by atoms with Gasteiger partial charge in [-0.15, -0.1) is 0 Å². The van der Waals surface area contributed by atoms with Crippen LogP contribution in [-0.4, -0.2) is 12.6 Å². The first-order valence-corrected chi connectivity index (χ1v) is 9.46. The van der Waals surface area contributed by atoms with E-state index >= 15 is 0 Å². The number of ether oxygens (including phenoxy) is 1. The third kappa shape index (κ3) is 17.4. The number of hydrogen-bond donors (Lipinski definition) is 0. The zero-order valence-corrected chi connectivity index (χ0v) is 14.6. The largest absolute Gasteiger partial charge is 0.466 e. The highest BCUT2D eigenvalue weighted by Crippen LogP contribution is 2.12. The van der Waals surface area contributed by atoms with Gasteiger partial charge >= 0.3 is 5.97 Å². The van der Waals surface area contributed by atoms with E-state index in [9.17, 15) is 4.79 Å². The number of carbonyl (C=O) groups excluding carboxylic acids is 1. The van der Waals surface area contributed by atoms with Crippen molar-refractivity contribution in [2.45, 2.75) is 110 Å². The van der Waals surface area contributed by atoms with Crippen LogP contribution in [0.2, 0.25) is 0 Å². The van der Waals surface area contributed by atoms with Gasteiger partial charge in [0.1, 0.15) is 0 Å². The lowest BCUT2D eigenvalue weighted by Crippen LogP contribution is -2.03. The zero-order chi connectivity index (χ0) is 15.6. The maximum absolute atomic E-state index is 10.9. The minimum absolute atomic E-state index is 0.0651. The molecule has 0 bridgehead atoms. The van der Waals surface area contributed by atoms with Crippen molar-refractivity contribution >= 4 is 5.97 Å². The Morgan fingerprint density at radius 1 is 0.619 bits per heavy atom. The van der Waals surface area contributed by atoms with E-state index in [1.165, 1.54) is 83.5 Å².